The first-order chi connectivity index (χ1) is 8.92. The number of carbonyl (C=O) groups is 1. The minimum atomic E-state index is -0.0699. The van der Waals surface area contributed by atoms with E-state index in [2.05, 4.69) is 24.1 Å². The summed E-state index contributed by atoms with van der Waals surface area (Å²) in [7, 11) is 1.88. The summed E-state index contributed by atoms with van der Waals surface area (Å²) in [5.41, 5.74) is 2.90. The van der Waals surface area contributed by atoms with Gasteiger partial charge in [0.2, 0.25) is 5.91 Å². The van der Waals surface area contributed by atoms with Gasteiger partial charge in [0, 0.05) is 11.9 Å². The van der Waals surface area contributed by atoms with Gasteiger partial charge in [0.05, 0.1) is 23.8 Å². The Balaban J connectivity index is 2.04. The van der Waals surface area contributed by atoms with E-state index in [1.807, 2.05) is 24.4 Å². The van der Waals surface area contributed by atoms with Gasteiger partial charge in [-0.2, -0.15) is 0 Å². The van der Waals surface area contributed by atoms with Crippen molar-refractivity contribution in [3.8, 4) is 0 Å². The molecule has 106 valence electrons. The quantitative estimate of drug-likeness (QED) is 0.923. The van der Waals surface area contributed by atoms with Crippen LogP contribution in [0.4, 0.5) is 0 Å². The smallest absolute Gasteiger partial charge is 0.240 e. The van der Waals surface area contributed by atoms with Gasteiger partial charge in [-0.25, -0.2) is 4.98 Å². The standard InChI is InChI=1S/C14H23N3OS/c1-10-11(19-9-16-10)8-17(4)13(18)12-14(2,3)6-5-7-15-12/h9,12,15H,5-8H2,1-4H3. The van der Waals surface area contributed by atoms with E-state index in [9.17, 15) is 4.79 Å². The Labute approximate surface area is 119 Å². The second kappa shape index (κ2) is 5.59. The fourth-order valence-corrected chi connectivity index (χ4v) is 3.45. The van der Waals surface area contributed by atoms with Gasteiger partial charge in [0.25, 0.3) is 0 Å². The average molecular weight is 281 g/mol. The number of aromatic nitrogens is 1. The van der Waals surface area contributed by atoms with Crippen LogP contribution in [0, 0.1) is 12.3 Å². The molecule has 0 aliphatic carbocycles. The van der Waals surface area contributed by atoms with E-state index in [4.69, 9.17) is 0 Å². The average Bonchev–Trinajstić information content (AvgIpc) is 2.73. The summed E-state index contributed by atoms with van der Waals surface area (Å²) in [6, 6.07) is -0.0699. The Morgan fingerprint density at radius 3 is 2.95 bits per heavy atom. The van der Waals surface area contributed by atoms with Crippen LogP contribution in [0.5, 0.6) is 0 Å². The molecular formula is C14H23N3OS. The molecule has 0 radical (unpaired) electrons. The monoisotopic (exact) mass is 281 g/mol. The molecule has 1 aliphatic heterocycles. The van der Waals surface area contributed by atoms with E-state index in [1.165, 1.54) is 4.88 Å². The molecule has 0 spiro atoms. The number of carbonyl (C=O) groups excluding carboxylic acids is 1. The molecule has 1 N–H and O–H groups in total. The van der Waals surface area contributed by atoms with E-state index in [-0.39, 0.29) is 17.4 Å². The summed E-state index contributed by atoms with van der Waals surface area (Å²) >= 11 is 1.62. The largest absolute Gasteiger partial charge is 0.339 e. The van der Waals surface area contributed by atoms with Gasteiger partial charge >= 0.3 is 0 Å². The Hall–Kier alpha value is -0.940. The van der Waals surface area contributed by atoms with Gasteiger partial charge in [-0.1, -0.05) is 13.8 Å². The lowest BCUT2D eigenvalue weighted by Crippen LogP contribution is -2.55. The molecule has 0 bridgehead atoms. The van der Waals surface area contributed by atoms with Crippen molar-refractivity contribution in [1.29, 1.82) is 0 Å². The Morgan fingerprint density at radius 2 is 2.37 bits per heavy atom. The summed E-state index contributed by atoms with van der Waals surface area (Å²) in [4.78, 5) is 19.8. The molecule has 1 aromatic heterocycles. The summed E-state index contributed by atoms with van der Waals surface area (Å²) in [6.45, 7) is 7.94. The number of amides is 1. The maximum Gasteiger partial charge on any atom is 0.240 e. The van der Waals surface area contributed by atoms with Crippen molar-refractivity contribution in [1.82, 2.24) is 15.2 Å². The molecule has 5 heteroatoms. The van der Waals surface area contributed by atoms with Crippen LogP contribution in [-0.4, -0.2) is 35.4 Å². The fraction of sp³-hybridized carbons (Fsp3) is 0.714. The minimum Gasteiger partial charge on any atom is -0.339 e. The van der Waals surface area contributed by atoms with Crippen molar-refractivity contribution in [2.45, 2.75) is 46.2 Å². The Morgan fingerprint density at radius 1 is 1.63 bits per heavy atom. The third-order valence-corrected chi connectivity index (χ3v) is 4.90. The van der Waals surface area contributed by atoms with Crippen LogP contribution in [0.25, 0.3) is 0 Å². The Kier molecular flexibility index (Phi) is 4.26. The normalized spacial score (nSPS) is 22.2. The molecular weight excluding hydrogens is 258 g/mol. The highest BCUT2D eigenvalue weighted by atomic mass is 32.1. The number of likely N-dealkylation sites (N-methyl/N-ethyl adjacent to an activating group) is 1. The van der Waals surface area contributed by atoms with Gasteiger partial charge in [-0.3, -0.25) is 4.79 Å². The second-order valence-corrected chi connectivity index (χ2v) is 6.97. The number of piperidine rings is 1. The number of nitrogens with zero attached hydrogens (tertiary/aromatic N) is 2. The number of nitrogens with one attached hydrogen (secondary N) is 1. The number of hydrogen-bond acceptors (Lipinski definition) is 4. The number of thiazole rings is 1. The molecule has 0 saturated carbocycles. The predicted octanol–water partition coefficient (Wildman–Crippen LogP) is 2.19. The SMILES string of the molecule is Cc1ncsc1CN(C)C(=O)C1NCCCC1(C)C. The fourth-order valence-electron chi connectivity index (χ4n) is 2.62. The molecule has 4 nitrogen and oxygen atoms in total. The molecule has 1 aromatic rings. The van der Waals surface area contributed by atoms with Crippen LogP contribution in [0.15, 0.2) is 5.51 Å². The van der Waals surface area contributed by atoms with E-state index in [1.54, 1.807) is 11.3 Å². The zero-order valence-electron chi connectivity index (χ0n) is 12.2. The summed E-state index contributed by atoms with van der Waals surface area (Å²) in [6.07, 6.45) is 2.25. The molecule has 2 rings (SSSR count). The van der Waals surface area contributed by atoms with Crippen molar-refractivity contribution in [2.24, 2.45) is 5.41 Å². The first kappa shape index (κ1) is 14.5. The molecule has 19 heavy (non-hydrogen) atoms. The summed E-state index contributed by atoms with van der Waals surface area (Å²) in [5, 5.41) is 3.38. The van der Waals surface area contributed by atoms with E-state index in [0.29, 0.717) is 6.54 Å². The van der Waals surface area contributed by atoms with Crippen LogP contribution in [0.3, 0.4) is 0 Å². The molecule has 0 aromatic carbocycles. The van der Waals surface area contributed by atoms with E-state index < -0.39 is 0 Å². The molecule has 1 fully saturated rings. The first-order valence-corrected chi connectivity index (χ1v) is 7.67. The second-order valence-electron chi connectivity index (χ2n) is 6.03. The summed E-state index contributed by atoms with van der Waals surface area (Å²) in [5.74, 6) is 0.192. The zero-order chi connectivity index (χ0) is 14.0. The minimum absolute atomic E-state index is 0.0341. The predicted molar refractivity (Wildman–Crippen MR) is 78.1 cm³/mol. The maximum atomic E-state index is 12.6. The van der Waals surface area contributed by atoms with Crippen molar-refractivity contribution in [3.05, 3.63) is 16.1 Å². The van der Waals surface area contributed by atoms with Gasteiger partial charge in [0.15, 0.2) is 0 Å². The maximum absolute atomic E-state index is 12.6. The third-order valence-electron chi connectivity index (χ3n) is 3.98. The van der Waals surface area contributed by atoms with E-state index >= 15 is 0 Å². The van der Waals surface area contributed by atoms with Gasteiger partial charge in [0.1, 0.15) is 0 Å². The first-order valence-electron chi connectivity index (χ1n) is 6.79. The molecule has 2 heterocycles. The molecule has 1 saturated heterocycles. The van der Waals surface area contributed by atoms with Crippen LogP contribution < -0.4 is 5.32 Å². The highest BCUT2D eigenvalue weighted by Gasteiger charge is 2.38. The molecule has 1 aliphatic rings. The number of hydrogen-bond donors (Lipinski definition) is 1. The van der Waals surface area contributed by atoms with Gasteiger partial charge < -0.3 is 10.2 Å². The van der Waals surface area contributed by atoms with Crippen molar-refractivity contribution >= 4 is 17.2 Å². The molecule has 1 unspecified atom stereocenters. The van der Waals surface area contributed by atoms with Crippen LogP contribution in [-0.2, 0) is 11.3 Å². The van der Waals surface area contributed by atoms with Gasteiger partial charge in [-0.15, -0.1) is 11.3 Å². The van der Waals surface area contributed by atoms with Crippen LogP contribution in [0.1, 0.15) is 37.3 Å². The number of aryl methyl sites for hydroxylation is 1. The topological polar surface area (TPSA) is 45.2 Å². The Bertz CT molecular complexity index is 455. The third kappa shape index (κ3) is 3.15. The zero-order valence-corrected chi connectivity index (χ0v) is 13.0. The van der Waals surface area contributed by atoms with Crippen molar-refractivity contribution in [2.75, 3.05) is 13.6 Å². The lowest BCUT2D eigenvalue weighted by molar-refractivity contribution is -0.136. The van der Waals surface area contributed by atoms with E-state index in [0.717, 1.165) is 25.1 Å². The summed E-state index contributed by atoms with van der Waals surface area (Å²) < 4.78 is 0. The van der Waals surface area contributed by atoms with Crippen LogP contribution in [0.2, 0.25) is 0 Å². The lowest BCUT2D eigenvalue weighted by Gasteiger charge is -2.40. The highest BCUT2D eigenvalue weighted by Crippen LogP contribution is 2.31. The van der Waals surface area contributed by atoms with Gasteiger partial charge in [-0.05, 0) is 31.7 Å². The lowest BCUT2D eigenvalue weighted by atomic mass is 9.77. The molecule has 1 atom stereocenters. The highest BCUT2D eigenvalue weighted by molar-refractivity contribution is 7.09. The molecule has 1 amide bonds. The van der Waals surface area contributed by atoms with Crippen molar-refractivity contribution < 1.29 is 4.79 Å². The number of rotatable bonds is 3. The van der Waals surface area contributed by atoms with Crippen molar-refractivity contribution in [3.63, 3.8) is 0 Å². The van der Waals surface area contributed by atoms with Crippen LogP contribution >= 0.6 is 11.3 Å².